The van der Waals surface area contributed by atoms with Gasteiger partial charge in [-0.15, -0.1) is 0 Å². The lowest BCUT2D eigenvalue weighted by Crippen LogP contribution is -2.37. The van der Waals surface area contributed by atoms with Crippen molar-refractivity contribution in [3.63, 3.8) is 0 Å². The van der Waals surface area contributed by atoms with Crippen molar-refractivity contribution >= 4 is 7.60 Å². The number of nitrogens with one attached hydrogen (secondary N) is 1. The fourth-order valence-electron chi connectivity index (χ4n) is 2.05. The molecule has 1 aliphatic rings. The van der Waals surface area contributed by atoms with Crippen LogP contribution in [0.3, 0.4) is 0 Å². The maximum atomic E-state index is 14.0. The smallest absolute Gasteiger partial charge is 0.330 e. The van der Waals surface area contributed by atoms with Crippen LogP contribution in [-0.2, 0) is 9.30 Å². The number of aromatic nitrogens is 2. The monoisotopic (exact) mass is 333 g/mol. The highest BCUT2D eigenvalue weighted by atomic mass is 31.2. The molecular weight excluding hydrogens is 324 g/mol. The Balaban J connectivity index is 2.39. The zero-order valence-corrected chi connectivity index (χ0v) is 11.6. The van der Waals surface area contributed by atoms with E-state index in [1.807, 2.05) is 0 Å². The molecule has 2 rings (SSSR count). The summed E-state index contributed by atoms with van der Waals surface area (Å²) in [5.74, 6) is 0. The Morgan fingerprint density at radius 3 is 2.73 bits per heavy atom. The lowest BCUT2D eigenvalue weighted by Gasteiger charge is -2.32. The van der Waals surface area contributed by atoms with Crippen molar-refractivity contribution in [1.82, 2.24) is 9.55 Å². The van der Waals surface area contributed by atoms with Crippen LogP contribution in [0.1, 0.15) is 11.8 Å². The quantitative estimate of drug-likeness (QED) is 0.548. The van der Waals surface area contributed by atoms with Gasteiger partial charge < -0.3 is 24.2 Å². The number of ether oxygens (including phenoxy) is 1. The average Bonchev–Trinajstić information content (AvgIpc) is 2.66. The number of aliphatic hydroxyl groups excluding tert-OH is 1. The third kappa shape index (κ3) is 3.16. The molecule has 0 amide bonds. The first-order chi connectivity index (χ1) is 10.1. The summed E-state index contributed by atoms with van der Waals surface area (Å²) < 4.78 is 30.1. The van der Waals surface area contributed by atoms with E-state index in [0.29, 0.717) is 4.57 Å². The number of aromatic amines is 1. The fourth-order valence-corrected chi connectivity index (χ4v) is 2.80. The third-order valence-electron chi connectivity index (χ3n) is 3.06. The topological polar surface area (TPSA) is 171 Å². The van der Waals surface area contributed by atoms with Gasteiger partial charge in [0.05, 0.1) is 6.10 Å². The molecule has 0 aromatic carbocycles. The number of hydrogen-bond acceptors (Lipinski definition) is 8. The molecule has 10 nitrogen and oxygen atoms in total. The van der Waals surface area contributed by atoms with E-state index >= 15 is 0 Å². The molecule has 0 spiro atoms. The molecule has 22 heavy (non-hydrogen) atoms. The molecule has 0 aliphatic carbocycles. The van der Waals surface area contributed by atoms with Crippen LogP contribution >= 0.6 is 7.60 Å². The highest BCUT2D eigenvalue weighted by Gasteiger charge is 2.45. The van der Waals surface area contributed by atoms with E-state index in [0.717, 1.165) is 6.20 Å². The first kappa shape index (κ1) is 16.5. The van der Waals surface area contributed by atoms with E-state index in [4.69, 9.17) is 10.00 Å². The van der Waals surface area contributed by atoms with Gasteiger partial charge in [0.1, 0.15) is 17.7 Å². The Hall–Kier alpha value is -1.83. The number of H-pyrrole nitrogens is 1. The van der Waals surface area contributed by atoms with E-state index in [2.05, 4.69) is 0 Å². The standard InChI is InChI=1S/C10H11FN3O7P/c11-6-7(15)5(3-22(18,19)20)21-9(6)14-2-4(1-12)8(16)13-10(14)17/h2,5-7,9,15H,3H2,(H,13,16,17)(H2,18,19,20)/p-2/t5-,6-,7-,9-/m1/s1. The number of aliphatic hydroxyl groups is 1. The molecule has 4 atom stereocenters. The second kappa shape index (κ2) is 5.75. The van der Waals surface area contributed by atoms with Gasteiger partial charge in [0.2, 0.25) is 0 Å². The molecule has 1 saturated heterocycles. The molecule has 1 aromatic heterocycles. The van der Waals surface area contributed by atoms with Gasteiger partial charge >= 0.3 is 5.69 Å². The Morgan fingerprint density at radius 2 is 2.18 bits per heavy atom. The number of alkyl halides is 1. The number of nitriles is 1. The van der Waals surface area contributed by atoms with Crippen LogP contribution < -0.4 is 21.0 Å². The molecule has 0 unspecified atom stereocenters. The maximum Gasteiger partial charge on any atom is 0.330 e. The third-order valence-corrected chi connectivity index (χ3v) is 3.87. The summed E-state index contributed by atoms with van der Waals surface area (Å²) in [5.41, 5.74) is -2.61. The molecule has 12 heteroatoms. The van der Waals surface area contributed by atoms with Crippen molar-refractivity contribution in [1.29, 1.82) is 5.26 Å². The van der Waals surface area contributed by atoms with Gasteiger partial charge in [-0.1, -0.05) is 7.60 Å². The normalized spacial score (nSPS) is 28.5. The predicted molar refractivity (Wildman–Crippen MR) is 63.3 cm³/mol. The highest BCUT2D eigenvalue weighted by molar-refractivity contribution is 7.48. The average molecular weight is 333 g/mol. The highest BCUT2D eigenvalue weighted by Crippen LogP contribution is 2.36. The van der Waals surface area contributed by atoms with Gasteiger partial charge in [-0.3, -0.25) is 14.3 Å². The minimum Gasteiger partial charge on any atom is -0.811 e. The fraction of sp³-hybridized carbons (Fsp3) is 0.500. The van der Waals surface area contributed by atoms with E-state index in [1.54, 1.807) is 4.98 Å². The number of halogens is 1. The van der Waals surface area contributed by atoms with Crippen molar-refractivity contribution in [3.05, 3.63) is 32.6 Å². The number of rotatable bonds is 3. The Labute approximate surface area is 121 Å². The van der Waals surface area contributed by atoms with Gasteiger partial charge in [-0.25, -0.2) is 9.18 Å². The molecule has 120 valence electrons. The van der Waals surface area contributed by atoms with Crippen LogP contribution in [0.25, 0.3) is 0 Å². The lowest BCUT2D eigenvalue weighted by molar-refractivity contribution is -0.315. The summed E-state index contributed by atoms with van der Waals surface area (Å²) in [6.45, 7) is 0. The molecule has 1 fully saturated rings. The summed E-state index contributed by atoms with van der Waals surface area (Å²) in [7, 11) is -5.08. The van der Waals surface area contributed by atoms with Gasteiger partial charge in [-0.05, 0) is 0 Å². The minimum absolute atomic E-state index is 0.508. The molecule has 0 radical (unpaired) electrons. The zero-order chi connectivity index (χ0) is 16.7. The molecule has 1 aromatic rings. The van der Waals surface area contributed by atoms with Gasteiger partial charge in [0.25, 0.3) is 5.56 Å². The van der Waals surface area contributed by atoms with Crippen molar-refractivity contribution in [3.8, 4) is 6.07 Å². The van der Waals surface area contributed by atoms with E-state index in [1.165, 1.54) is 6.07 Å². The first-order valence-corrected chi connectivity index (χ1v) is 7.61. The summed E-state index contributed by atoms with van der Waals surface area (Å²) in [6.07, 6.45) is -8.05. The summed E-state index contributed by atoms with van der Waals surface area (Å²) in [6, 6.07) is 1.47. The van der Waals surface area contributed by atoms with E-state index in [9.17, 15) is 33.4 Å². The summed E-state index contributed by atoms with van der Waals surface area (Å²) in [5, 5.41) is 18.3. The largest absolute Gasteiger partial charge is 0.811 e. The summed E-state index contributed by atoms with van der Waals surface area (Å²) >= 11 is 0. The molecule has 0 bridgehead atoms. The lowest BCUT2D eigenvalue weighted by atomic mass is 10.1. The molecule has 2 heterocycles. The van der Waals surface area contributed by atoms with Crippen LogP contribution in [0.15, 0.2) is 15.8 Å². The van der Waals surface area contributed by atoms with Crippen molar-refractivity contribution in [2.24, 2.45) is 0 Å². The predicted octanol–water partition coefficient (Wildman–Crippen LogP) is -3.08. The Morgan fingerprint density at radius 1 is 1.55 bits per heavy atom. The zero-order valence-electron chi connectivity index (χ0n) is 10.7. The number of nitrogens with zero attached hydrogens (tertiary/aromatic N) is 2. The minimum atomic E-state index is -5.08. The maximum absolute atomic E-state index is 14.0. The van der Waals surface area contributed by atoms with E-state index < -0.39 is 55.2 Å². The molecule has 1 aliphatic heterocycles. The molecular formula is C10H9FN3O7P-2. The van der Waals surface area contributed by atoms with Gasteiger partial charge in [0, 0.05) is 12.4 Å². The summed E-state index contributed by atoms with van der Waals surface area (Å²) in [4.78, 5) is 46.0. The molecule has 2 N–H and O–H groups in total. The van der Waals surface area contributed by atoms with Crippen molar-refractivity contribution < 1.29 is 28.6 Å². The first-order valence-electron chi connectivity index (χ1n) is 5.88. The second-order valence-corrected chi connectivity index (χ2v) is 6.20. The second-order valence-electron chi connectivity index (χ2n) is 4.61. The van der Waals surface area contributed by atoms with Crippen LogP contribution in [0.5, 0.6) is 0 Å². The van der Waals surface area contributed by atoms with Crippen LogP contribution in [0.4, 0.5) is 4.39 Å². The van der Waals surface area contributed by atoms with Gasteiger partial charge in [0.15, 0.2) is 12.4 Å². The van der Waals surface area contributed by atoms with Crippen LogP contribution in [0.2, 0.25) is 0 Å². The van der Waals surface area contributed by atoms with Crippen molar-refractivity contribution in [2.45, 2.75) is 24.6 Å². The Kier molecular flexibility index (Phi) is 4.32. The van der Waals surface area contributed by atoms with E-state index in [-0.39, 0.29) is 0 Å². The van der Waals surface area contributed by atoms with Gasteiger partial charge in [-0.2, -0.15) is 5.26 Å². The van der Waals surface area contributed by atoms with Crippen molar-refractivity contribution in [2.75, 3.05) is 6.16 Å². The number of hydrogen-bond donors (Lipinski definition) is 2. The Bertz CT molecular complexity index is 778. The van der Waals surface area contributed by atoms with Crippen LogP contribution in [0, 0.1) is 11.3 Å². The SMILES string of the molecule is N#Cc1cn([C@@H]2O[C@H](CP(=O)([O-])[O-])[C@@H](O)[C@H]2F)c(=O)[nH]c1=O. The molecule has 0 saturated carbocycles. The van der Waals surface area contributed by atoms with Crippen LogP contribution in [-0.4, -0.2) is 39.2 Å².